The number of aliphatic imine (C=N–C) groups is 1. The highest BCUT2D eigenvalue weighted by molar-refractivity contribution is 5.93. The van der Waals surface area contributed by atoms with Crippen LogP contribution in [0.5, 0.6) is 0 Å². The SMILES string of the molecule is CCNC(=NCCNC(=O)c1cccnc1)N1CCN(c2ccccn2)CC1. The number of pyridine rings is 2. The van der Waals surface area contributed by atoms with E-state index in [4.69, 9.17) is 0 Å². The Balaban J connectivity index is 1.48. The van der Waals surface area contributed by atoms with Crippen LogP contribution in [-0.2, 0) is 0 Å². The fraction of sp³-hybridized carbons (Fsp3) is 0.400. The molecule has 0 unspecified atom stereocenters. The average molecular weight is 381 g/mol. The van der Waals surface area contributed by atoms with Crippen LogP contribution in [-0.4, -0.2) is 72.5 Å². The van der Waals surface area contributed by atoms with Crippen LogP contribution < -0.4 is 15.5 Å². The molecule has 28 heavy (non-hydrogen) atoms. The Morgan fingerprint density at radius 3 is 2.64 bits per heavy atom. The van der Waals surface area contributed by atoms with Crippen molar-refractivity contribution in [3.05, 3.63) is 54.5 Å². The number of carbonyl (C=O) groups excluding carboxylic acids is 1. The van der Waals surface area contributed by atoms with E-state index in [0.717, 1.165) is 44.5 Å². The summed E-state index contributed by atoms with van der Waals surface area (Å²) in [4.78, 5) is 29.6. The molecule has 0 radical (unpaired) electrons. The maximum atomic E-state index is 12.1. The molecule has 0 atom stereocenters. The van der Waals surface area contributed by atoms with Crippen molar-refractivity contribution in [1.82, 2.24) is 25.5 Å². The predicted octanol–water partition coefficient (Wildman–Crippen LogP) is 0.994. The van der Waals surface area contributed by atoms with Gasteiger partial charge in [-0.05, 0) is 31.2 Å². The molecule has 1 aliphatic rings. The quantitative estimate of drug-likeness (QED) is 0.441. The summed E-state index contributed by atoms with van der Waals surface area (Å²) >= 11 is 0. The maximum absolute atomic E-state index is 12.1. The third-order valence-electron chi connectivity index (χ3n) is 4.47. The number of hydrogen-bond acceptors (Lipinski definition) is 5. The van der Waals surface area contributed by atoms with Gasteiger partial charge in [0.15, 0.2) is 5.96 Å². The summed E-state index contributed by atoms with van der Waals surface area (Å²) in [5.41, 5.74) is 0.559. The summed E-state index contributed by atoms with van der Waals surface area (Å²) in [5.74, 6) is 1.78. The van der Waals surface area contributed by atoms with E-state index in [-0.39, 0.29) is 5.91 Å². The number of rotatable bonds is 6. The van der Waals surface area contributed by atoms with E-state index in [9.17, 15) is 4.79 Å². The van der Waals surface area contributed by atoms with E-state index in [1.54, 1.807) is 24.5 Å². The van der Waals surface area contributed by atoms with Crippen LogP contribution in [0.15, 0.2) is 53.9 Å². The Morgan fingerprint density at radius 2 is 1.96 bits per heavy atom. The number of hydrogen-bond donors (Lipinski definition) is 2. The van der Waals surface area contributed by atoms with Crippen molar-refractivity contribution in [3.8, 4) is 0 Å². The Morgan fingerprint density at radius 1 is 1.11 bits per heavy atom. The number of nitrogens with zero attached hydrogens (tertiary/aromatic N) is 5. The fourth-order valence-corrected chi connectivity index (χ4v) is 3.04. The Hall–Kier alpha value is -3.16. The number of aromatic nitrogens is 2. The molecule has 8 nitrogen and oxygen atoms in total. The first kappa shape index (κ1) is 19.6. The number of piperazine rings is 1. The van der Waals surface area contributed by atoms with E-state index in [1.165, 1.54) is 0 Å². The summed E-state index contributed by atoms with van der Waals surface area (Å²) in [7, 11) is 0. The fourth-order valence-electron chi connectivity index (χ4n) is 3.04. The van der Waals surface area contributed by atoms with Gasteiger partial charge in [0.05, 0.1) is 12.1 Å². The first-order chi connectivity index (χ1) is 13.8. The largest absolute Gasteiger partial charge is 0.357 e. The lowest BCUT2D eigenvalue weighted by atomic mass is 10.3. The molecule has 0 bridgehead atoms. The highest BCUT2D eigenvalue weighted by atomic mass is 16.1. The van der Waals surface area contributed by atoms with E-state index in [1.807, 2.05) is 24.4 Å². The van der Waals surface area contributed by atoms with Crippen LogP contribution in [0.2, 0.25) is 0 Å². The zero-order valence-electron chi connectivity index (χ0n) is 16.2. The van der Waals surface area contributed by atoms with Gasteiger partial charge in [0.2, 0.25) is 0 Å². The van der Waals surface area contributed by atoms with Crippen molar-refractivity contribution in [3.63, 3.8) is 0 Å². The van der Waals surface area contributed by atoms with E-state index in [2.05, 4.69) is 42.3 Å². The molecule has 0 spiro atoms. The molecule has 8 heteroatoms. The first-order valence-corrected chi connectivity index (χ1v) is 9.65. The Labute approximate surface area is 165 Å². The van der Waals surface area contributed by atoms with Gasteiger partial charge in [-0.3, -0.25) is 14.8 Å². The van der Waals surface area contributed by atoms with Crippen LogP contribution in [0.4, 0.5) is 5.82 Å². The number of anilines is 1. The Bertz CT molecular complexity index is 759. The molecule has 148 valence electrons. The van der Waals surface area contributed by atoms with Crippen LogP contribution in [0.1, 0.15) is 17.3 Å². The number of nitrogens with one attached hydrogen (secondary N) is 2. The number of carbonyl (C=O) groups is 1. The van der Waals surface area contributed by atoms with Crippen molar-refractivity contribution in [2.45, 2.75) is 6.92 Å². The van der Waals surface area contributed by atoms with Crippen molar-refractivity contribution in [1.29, 1.82) is 0 Å². The van der Waals surface area contributed by atoms with Crippen LogP contribution in [0, 0.1) is 0 Å². The van der Waals surface area contributed by atoms with Crippen molar-refractivity contribution in [2.75, 3.05) is 50.7 Å². The molecule has 2 aromatic rings. The monoisotopic (exact) mass is 381 g/mol. The van der Waals surface area contributed by atoms with Gasteiger partial charge >= 0.3 is 0 Å². The molecule has 0 aliphatic carbocycles. The molecule has 0 aromatic carbocycles. The summed E-state index contributed by atoms with van der Waals surface area (Å²) < 4.78 is 0. The van der Waals surface area contributed by atoms with Gasteiger partial charge in [0.1, 0.15) is 5.82 Å². The first-order valence-electron chi connectivity index (χ1n) is 9.65. The van der Waals surface area contributed by atoms with Gasteiger partial charge < -0.3 is 20.4 Å². The molecule has 3 heterocycles. The minimum atomic E-state index is -0.128. The molecule has 1 amide bonds. The van der Waals surface area contributed by atoms with Crippen molar-refractivity contribution >= 4 is 17.7 Å². The minimum absolute atomic E-state index is 0.128. The summed E-state index contributed by atoms with van der Waals surface area (Å²) in [6, 6.07) is 9.49. The Kier molecular flexibility index (Phi) is 7.17. The lowest BCUT2D eigenvalue weighted by Crippen LogP contribution is -2.52. The summed E-state index contributed by atoms with van der Waals surface area (Å²) in [6.07, 6.45) is 5.04. The average Bonchev–Trinajstić information content (AvgIpc) is 2.77. The lowest BCUT2D eigenvalue weighted by Gasteiger charge is -2.37. The van der Waals surface area contributed by atoms with E-state index >= 15 is 0 Å². The molecule has 1 saturated heterocycles. The number of amides is 1. The minimum Gasteiger partial charge on any atom is -0.357 e. The zero-order valence-corrected chi connectivity index (χ0v) is 16.2. The zero-order chi connectivity index (χ0) is 19.6. The van der Waals surface area contributed by atoms with E-state index < -0.39 is 0 Å². The molecule has 2 N–H and O–H groups in total. The van der Waals surface area contributed by atoms with Gasteiger partial charge in [-0.2, -0.15) is 0 Å². The van der Waals surface area contributed by atoms with Gasteiger partial charge in [0, 0.05) is 57.9 Å². The van der Waals surface area contributed by atoms with Gasteiger partial charge in [-0.1, -0.05) is 6.07 Å². The second-order valence-corrected chi connectivity index (χ2v) is 6.40. The standard InChI is InChI=1S/C20H27N7O/c1-2-22-20(25-11-10-24-19(28)17-6-5-8-21-16-17)27-14-12-26(13-15-27)18-7-3-4-9-23-18/h3-9,16H,2,10-15H2,1H3,(H,22,25)(H,24,28). The maximum Gasteiger partial charge on any atom is 0.252 e. The normalized spacial score (nSPS) is 14.7. The van der Waals surface area contributed by atoms with Crippen molar-refractivity contribution < 1.29 is 4.79 Å². The highest BCUT2D eigenvalue weighted by Gasteiger charge is 2.20. The van der Waals surface area contributed by atoms with Gasteiger partial charge in [-0.15, -0.1) is 0 Å². The smallest absolute Gasteiger partial charge is 0.252 e. The molecule has 0 saturated carbocycles. The third kappa shape index (κ3) is 5.42. The van der Waals surface area contributed by atoms with Crippen LogP contribution in [0.3, 0.4) is 0 Å². The molecular weight excluding hydrogens is 354 g/mol. The second kappa shape index (κ2) is 10.2. The van der Waals surface area contributed by atoms with Crippen LogP contribution in [0.25, 0.3) is 0 Å². The molecule has 1 fully saturated rings. The second-order valence-electron chi connectivity index (χ2n) is 6.40. The molecule has 1 aliphatic heterocycles. The van der Waals surface area contributed by atoms with Crippen molar-refractivity contribution in [2.24, 2.45) is 4.99 Å². The van der Waals surface area contributed by atoms with E-state index in [0.29, 0.717) is 18.7 Å². The van der Waals surface area contributed by atoms with Gasteiger partial charge in [0.25, 0.3) is 5.91 Å². The summed E-state index contributed by atoms with van der Waals surface area (Å²) in [6.45, 7) is 7.43. The summed E-state index contributed by atoms with van der Waals surface area (Å²) in [5, 5.41) is 6.22. The third-order valence-corrected chi connectivity index (χ3v) is 4.47. The lowest BCUT2D eigenvalue weighted by molar-refractivity contribution is 0.0954. The van der Waals surface area contributed by atoms with Gasteiger partial charge in [-0.25, -0.2) is 4.98 Å². The van der Waals surface area contributed by atoms with Crippen LogP contribution >= 0.6 is 0 Å². The highest BCUT2D eigenvalue weighted by Crippen LogP contribution is 2.12. The molecular formula is C20H27N7O. The predicted molar refractivity (Wildman–Crippen MR) is 111 cm³/mol. The topological polar surface area (TPSA) is 85.7 Å². The molecule has 2 aromatic heterocycles. The molecule has 3 rings (SSSR count). The number of guanidine groups is 1.